The Morgan fingerprint density at radius 3 is 2.32 bits per heavy atom. The highest BCUT2D eigenvalue weighted by Crippen LogP contribution is 2.18. The number of halogens is 3. The highest BCUT2D eigenvalue weighted by atomic mass is 35.5. The van der Waals surface area contributed by atoms with E-state index < -0.39 is 34.2 Å². The van der Waals surface area contributed by atoms with Crippen LogP contribution in [0.2, 0.25) is 5.02 Å². The standard InChI is InChI=1S/C16H14ClF2NO4S/c1-20(25(22,23)14-6-4-12(18)5-7-14)9-16(21)24-10-11-2-3-13(19)8-15(11)17/h2-8H,9-10H2,1H3. The average molecular weight is 390 g/mol. The Bertz CT molecular complexity index is 872. The lowest BCUT2D eigenvalue weighted by Crippen LogP contribution is -2.33. The van der Waals surface area contributed by atoms with Crippen molar-refractivity contribution in [2.24, 2.45) is 0 Å². The van der Waals surface area contributed by atoms with Crippen LogP contribution in [0.3, 0.4) is 0 Å². The van der Waals surface area contributed by atoms with Gasteiger partial charge in [0, 0.05) is 12.6 Å². The molecule has 0 aliphatic rings. The Morgan fingerprint density at radius 1 is 1.12 bits per heavy atom. The van der Waals surface area contributed by atoms with E-state index in [1.165, 1.54) is 19.2 Å². The molecule has 5 nitrogen and oxygen atoms in total. The van der Waals surface area contributed by atoms with E-state index in [2.05, 4.69) is 0 Å². The van der Waals surface area contributed by atoms with Crippen molar-refractivity contribution >= 4 is 27.6 Å². The summed E-state index contributed by atoms with van der Waals surface area (Å²) in [4.78, 5) is 11.7. The van der Waals surface area contributed by atoms with Crippen molar-refractivity contribution in [2.75, 3.05) is 13.6 Å². The topological polar surface area (TPSA) is 63.7 Å². The smallest absolute Gasteiger partial charge is 0.321 e. The van der Waals surface area contributed by atoms with Crippen molar-refractivity contribution in [3.63, 3.8) is 0 Å². The van der Waals surface area contributed by atoms with Gasteiger partial charge in [0.25, 0.3) is 0 Å². The molecule has 0 unspecified atom stereocenters. The molecule has 2 aromatic rings. The van der Waals surface area contributed by atoms with Gasteiger partial charge in [-0.05, 0) is 36.4 Å². The third-order valence-electron chi connectivity index (χ3n) is 3.28. The summed E-state index contributed by atoms with van der Waals surface area (Å²) in [6, 6.07) is 7.83. The van der Waals surface area contributed by atoms with Crippen LogP contribution in [0, 0.1) is 11.6 Å². The fraction of sp³-hybridized carbons (Fsp3) is 0.188. The Hall–Kier alpha value is -2.03. The summed E-state index contributed by atoms with van der Waals surface area (Å²) < 4.78 is 56.1. The van der Waals surface area contributed by atoms with Crippen molar-refractivity contribution in [1.29, 1.82) is 0 Å². The molecule has 0 radical (unpaired) electrons. The van der Waals surface area contributed by atoms with Gasteiger partial charge in [0.1, 0.15) is 24.8 Å². The van der Waals surface area contributed by atoms with Crippen LogP contribution in [0.25, 0.3) is 0 Å². The molecule has 0 saturated carbocycles. The van der Waals surface area contributed by atoms with Crippen LogP contribution in [0.15, 0.2) is 47.4 Å². The summed E-state index contributed by atoms with van der Waals surface area (Å²) in [5.74, 6) is -1.91. The molecular weight excluding hydrogens is 376 g/mol. The van der Waals surface area contributed by atoms with Gasteiger partial charge in [-0.25, -0.2) is 17.2 Å². The largest absolute Gasteiger partial charge is 0.460 e. The third-order valence-corrected chi connectivity index (χ3v) is 5.45. The second-order valence-corrected chi connectivity index (χ2v) is 7.56. The summed E-state index contributed by atoms with van der Waals surface area (Å²) in [5, 5.41) is 0.0973. The fourth-order valence-corrected chi connectivity index (χ4v) is 3.23. The number of hydrogen-bond donors (Lipinski definition) is 0. The number of rotatable bonds is 6. The van der Waals surface area contributed by atoms with E-state index in [4.69, 9.17) is 16.3 Å². The van der Waals surface area contributed by atoms with Gasteiger partial charge in [-0.15, -0.1) is 0 Å². The van der Waals surface area contributed by atoms with Crippen LogP contribution in [-0.4, -0.2) is 32.3 Å². The predicted molar refractivity (Wildman–Crippen MR) is 87.4 cm³/mol. The van der Waals surface area contributed by atoms with Crippen LogP contribution in [0.1, 0.15) is 5.56 Å². The first kappa shape index (κ1) is 19.3. The highest BCUT2D eigenvalue weighted by molar-refractivity contribution is 7.89. The molecular formula is C16H14ClF2NO4S. The lowest BCUT2D eigenvalue weighted by molar-refractivity contribution is -0.144. The minimum atomic E-state index is -3.96. The van der Waals surface area contributed by atoms with Crippen molar-refractivity contribution in [3.05, 3.63) is 64.7 Å². The van der Waals surface area contributed by atoms with Crippen LogP contribution in [0.4, 0.5) is 8.78 Å². The zero-order chi connectivity index (χ0) is 18.6. The molecule has 0 fully saturated rings. The highest BCUT2D eigenvalue weighted by Gasteiger charge is 2.23. The number of esters is 1. The number of likely N-dealkylation sites (N-methyl/N-ethyl adjacent to an activating group) is 1. The summed E-state index contributed by atoms with van der Waals surface area (Å²) in [6.07, 6.45) is 0. The van der Waals surface area contributed by atoms with Gasteiger partial charge in [-0.3, -0.25) is 4.79 Å². The van der Waals surface area contributed by atoms with Crippen LogP contribution >= 0.6 is 11.6 Å². The monoisotopic (exact) mass is 389 g/mol. The van der Waals surface area contributed by atoms with E-state index in [9.17, 15) is 22.0 Å². The second kappa shape index (κ2) is 7.90. The van der Waals surface area contributed by atoms with Gasteiger partial charge in [0.2, 0.25) is 10.0 Å². The first-order valence-electron chi connectivity index (χ1n) is 7.01. The molecule has 25 heavy (non-hydrogen) atoms. The van der Waals surface area contributed by atoms with E-state index in [0.29, 0.717) is 5.56 Å². The number of carbonyl (C=O) groups excluding carboxylic acids is 1. The molecule has 0 atom stereocenters. The number of sulfonamides is 1. The zero-order valence-corrected chi connectivity index (χ0v) is 14.7. The maximum atomic E-state index is 12.9. The Labute approximate surface area is 148 Å². The molecule has 9 heteroatoms. The van der Waals surface area contributed by atoms with E-state index in [1.807, 2.05) is 0 Å². The summed E-state index contributed by atoms with van der Waals surface area (Å²) >= 11 is 5.82. The number of carbonyl (C=O) groups is 1. The normalized spacial score (nSPS) is 11.6. The Balaban J connectivity index is 1.98. The summed E-state index contributed by atoms with van der Waals surface area (Å²) in [5.41, 5.74) is 0.389. The number of hydrogen-bond acceptors (Lipinski definition) is 4. The van der Waals surface area contributed by atoms with Crippen molar-refractivity contribution < 1.29 is 26.7 Å². The minimum absolute atomic E-state index is 0.0973. The maximum Gasteiger partial charge on any atom is 0.321 e. The van der Waals surface area contributed by atoms with Gasteiger partial charge in [-0.2, -0.15) is 4.31 Å². The predicted octanol–water partition coefficient (Wildman–Crippen LogP) is 2.98. The summed E-state index contributed by atoms with van der Waals surface area (Å²) in [6.45, 7) is -0.763. The van der Waals surface area contributed by atoms with E-state index in [1.54, 1.807) is 0 Å². The van der Waals surface area contributed by atoms with Gasteiger partial charge in [-0.1, -0.05) is 17.7 Å². The first-order valence-corrected chi connectivity index (χ1v) is 8.83. The summed E-state index contributed by atoms with van der Waals surface area (Å²) in [7, 11) is -2.76. The quantitative estimate of drug-likeness (QED) is 0.712. The number of nitrogens with zero attached hydrogens (tertiary/aromatic N) is 1. The SMILES string of the molecule is CN(CC(=O)OCc1ccc(F)cc1Cl)S(=O)(=O)c1ccc(F)cc1. The average Bonchev–Trinajstić information content (AvgIpc) is 2.54. The van der Waals surface area contributed by atoms with Gasteiger partial charge < -0.3 is 4.74 Å². The van der Waals surface area contributed by atoms with E-state index >= 15 is 0 Å². The molecule has 0 saturated heterocycles. The third kappa shape index (κ3) is 4.97. The molecule has 0 aliphatic heterocycles. The molecule has 0 N–H and O–H groups in total. The lowest BCUT2D eigenvalue weighted by atomic mass is 10.2. The molecule has 134 valence electrons. The Morgan fingerprint density at radius 2 is 1.72 bits per heavy atom. The second-order valence-electron chi connectivity index (χ2n) is 5.11. The van der Waals surface area contributed by atoms with E-state index in [-0.39, 0.29) is 16.5 Å². The van der Waals surface area contributed by atoms with Gasteiger partial charge in [0.15, 0.2) is 0 Å². The van der Waals surface area contributed by atoms with Crippen molar-refractivity contribution in [2.45, 2.75) is 11.5 Å². The zero-order valence-electron chi connectivity index (χ0n) is 13.1. The molecule has 0 amide bonds. The molecule has 0 heterocycles. The number of benzene rings is 2. The van der Waals surface area contributed by atoms with E-state index in [0.717, 1.165) is 34.6 Å². The molecule has 0 aliphatic carbocycles. The number of ether oxygens (including phenoxy) is 1. The van der Waals surface area contributed by atoms with Crippen LogP contribution < -0.4 is 0 Å². The molecule has 0 spiro atoms. The van der Waals surface area contributed by atoms with Gasteiger partial charge in [0.05, 0.1) is 9.92 Å². The van der Waals surface area contributed by atoms with Crippen molar-refractivity contribution in [1.82, 2.24) is 4.31 Å². The maximum absolute atomic E-state index is 12.9. The lowest BCUT2D eigenvalue weighted by Gasteiger charge is -2.16. The molecule has 2 aromatic carbocycles. The minimum Gasteiger partial charge on any atom is -0.460 e. The molecule has 0 bridgehead atoms. The molecule has 0 aromatic heterocycles. The molecule has 2 rings (SSSR count). The van der Waals surface area contributed by atoms with Crippen LogP contribution in [-0.2, 0) is 26.2 Å². The van der Waals surface area contributed by atoms with Gasteiger partial charge >= 0.3 is 5.97 Å². The first-order chi connectivity index (χ1) is 11.7. The van der Waals surface area contributed by atoms with Crippen molar-refractivity contribution in [3.8, 4) is 0 Å². The Kier molecular flexibility index (Phi) is 6.10. The van der Waals surface area contributed by atoms with Crippen LogP contribution in [0.5, 0.6) is 0 Å². The fourth-order valence-electron chi connectivity index (χ4n) is 1.90.